The van der Waals surface area contributed by atoms with Crippen molar-refractivity contribution in [2.24, 2.45) is 0 Å². The Labute approximate surface area is 169 Å². The molecule has 1 amide bonds. The number of ether oxygens (including phenoxy) is 2. The van der Waals surface area contributed by atoms with Gasteiger partial charge in [0.2, 0.25) is 5.91 Å². The number of rotatable bonds is 7. The van der Waals surface area contributed by atoms with E-state index in [1.54, 1.807) is 33.3 Å². The van der Waals surface area contributed by atoms with E-state index in [0.29, 0.717) is 5.56 Å². The maximum Gasteiger partial charge on any atom is 0.293 e. The Morgan fingerprint density at radius 2 is 2.07 bits per heavy atom. The first-order chi connectivity index (χ1) is 13.9. The lowest BCUT2D eigenvalue weighted by Crippen LogP contribution is -2.33. The van der Waals surface area contributed by atoms with E-state index in [2.05, 4.69) is 10.2 Å². The van der Waals surface area contributed by atoms with Gasteiger partial charge in [0.1, 0.15) is 17.2 Å². The number of hydrogen-bond acceptors (Lipinski definition) is 6. The molecule has 29 heavy (non-hydrogen) atoms. The average Bonchev–Trinajstić information content (AvgIpc) is 3.16. The summed E-state index contributed by atoms with van der Waals surface area (Å²) in [5.74, 6) is 1.20. The molecule has 154 valence electrons. The Hall–Kier alpha value is -3.13. The summed E-state index contributed by atoms with van der Waals surface area (Å²) in [5, 5.41) is 14.0. The number of anilines is 1. The van der Waals surface area contributed by atoms with Gasteiger partial charge >= 0.3 is 0 Å². The van der Waals surface area contributed by atoms with E-state index < -0.39 is 4.92 Å². The molecule has 1 heterocycles. The topological polar surface area (TPSA) is 93.9 Å². The number of carbonyl (C=O) groups excluding carboxylic acids is 1. The van der Waals surface area contributed by atoms with Crippen molar-refractivity contribution < 1.29 is 19.2 Å². The highest BCUT2D eigenvalue weighted by Gasteiger charge is 2.30. The summed E-state index contributed by atoms with van der Waals surface area (Å²) in [6, 6.07) is 10.4. The summed E-state index contributed by atoms with van der Waals surface area (Å²) in [4.78, 5) is 25.6. The van der Waals surface area contributed by atoms with Gasteiger partial charge in [0.25, 0.3) is 5.69 Å². The number of hydrogen-bond donors (Lipinski definition) is 1. The van der Waals surface area contributed by atoms with Crippen LogP contribution in [0, 0.1) is 17.0 Å². The van der Waals surface area contributed by atoms with Crippen molar-refractivity contribution in [1.82, 2.24) is 4.90 Å². The Morgan fingerprint density at radius 3 is 2.76 bits per heavy atom. The van der Waals surface area contributed by atoms with Crippen molar-refractivity contribution in [3.63, 3.8) is 0 Å². The highest BCUT2D eigenvalue weighted by Crippen LogP contribution is 2.38. The van der Waals surface area contributed by atoms with E-state index in [1.807, 2.05) is 18.2 Å². The molecular weight excluding hydrogens is 374 g/mol. The highest BCUT2D eigenvalue weighted by molar-refractivity contribution is 5.95. The number of aryl methyl sites for hydroxylation is 1. The summed E-state index contributed by atoms with van der Waals surface area (Å²) < 4.78 is 10.8. The second kappa shape index (κ2) is 8.91. The average molecular weight is 399 g/mol. The number of nitrogens with zero attached hydrogens (tertiary/aromatic N) is 2. The van der Waals surface area contributed by atoms with Crippen LogP contribution < -0.4 is 14.8 Å². The van der Waals surface area contributed by atoms with Gasteiger partial charge in [-0.15, -0.1) is 0 Å². The first kappa shape index (κ1) is 20.6. The van der Waals surface area contributed by atoms with Gasteiger partial charge in [0.05, 0.1) is 25.7 Å². The van der Waals surface area contributed by atoms with Crippen LogP contribution in [0.2, 0.25) is 0 Å². The highest BCUT2D eigenvalue weighted by atomic mass is 16.6. The number of amides is 1. The summed E-state index contributed by atoms with van der Waals surface area (Å²) >= 11 is 0. The molecule has 2 aromatic carbocycles. The number of benzene rings is 2. The van der Waals surface area contributed by atoms with Crippen LogP contribution in [0.3, 0.4) is 0 Å². The van der Waals surface area contributed by atoms with Crippen LogP contribution in [0.5, 0.6) is 11.5 Å². The third-order valence-corrected chi connectivity index (χ3v) is 5.22. The monoisotopic (exact) mass is 399 g/mol. The van der Waals surface area contributed by atoms with E-state index in [-0.39, 0.29) is 29.9 Å². The van der Waals surface area contributed by atoms with Crippen LogP contribution in [0.1, 0.15) is 30.0 Å². The van der Waals surface area contributed by atoms with Crippen LogP contribution >= 0.6 is 0 Å². The van der Waals surface area contributed by atoms with Gasteiger partial charge in [-0.05, 0) is 50.1 Å². The fourth-order valence-electron chi connectivity index (χ4n) is 3.80. The van der Waals surface area contributed by atoms with Gasteiger partial charge in [-0.3, -0.25) is 19.8 Å². The second-order valence-electron chi connectivity index (χ2n) is 7.01. The fraction of sp³-hybridized carbons (Fsp3) is 0.381. The van der Waals surface area contributed by atoms with Crippen LogP contribution in [0.25, 0.3) is 0 Å². The molecule has 1 atom stereocenters. The lowest BCUT2D eigenvalue weighted by atomic mass is 10.0. The van der Waals surface area contributed by atoms with Gasteiger partial charge in [-0.2, -0.15) is 0 Å². The Kier molecular flexibility index (Phi) is 6.33. The van der Waals surface area contributed by atoms with Crippen LogP contribution in [-0.2, 0) is 4.79 Å². The predicted molar refractivity (Wildman–Crippen MR) is 110 cm³/mol. The Bertz CT molecular complexity index is 915. The Morgan fingerprint density at radius 1 is 1.28 bits per heavy atom. The summed E-state index contributed by atoms with van der Waals surface area (Å²) in [6.07, 6.45) is 1.84. The number of nitro groups is 1. The molecular formula is C21H25N3O5. The number of likely N-dealkylation sites (tertiary alicyclic amines) is 1. The fourth-order valence-corrected chi connectivity index (χ4v) is 3.80. The SMILES string of the molecule is COc1ccc(OC)c([C@@H]2CCCN2CC(=O)Nc2c(C)cccc2[N+](=O)[O-])c1. The summed E-state index contributed by atoms with van der Waals surface area (Å²) in [7, 11) is 3.23. The van der Waals surface area contributed by atoms with E-state index >= 15 is 0 Å². The smallest absolute Gasteiger partial charge is 0.293 e. The number of nitrogens with one attached hydrogen (secondary N) is 1. The van der Waals surface area contributed by atoms with Gasteiger partial charge < -0.3 is 14.8 Å². The molecule has 1 aliphatic rings. The first-order valence-corrected chi connectivity index (χ1v) is 9.44. The molecule has 1 N–H and O–H groups in total. The minimum atomic E-state index is -0.484. The molecule has 8 nitrogen and oxygen atoms in total. The van der Waals surface area contributed by atoms with Gasteiger partial charge in [-0.25, -0.2) is 0 Å². The lowest BCUT2D eigenvalue weighted by molar-refractivity contribution is -0.384. The molecule has 1 fully saturated rings. The quantitative estimate of drug-likeness (QED) is 0.564. The summed E-state index contributed by atoms with van der Waals surface area (Å²) in [5.41, 5.74) is 1.77. The normalized spacial score (nSPS) is 16.4. The second-order valence-corrected chi connectivity index (χ2v) is 7.01. The molecule has 0 aromatic heterocycles. The van der Waals surface area contributed by atoms with Gasteiger partial charge in [-0.1, -0.05) is 12.1 Å². The van der Waals surface area contributed by atoms with Crippen molar-refractivity contribution in [2.45, 2.75) is 25.8 Å². The maximum absolute atomic E-state index is 12.7. The molecule has 2 aromatic rings. The van der Waals surface area contributed by atoms with Crippen molar-refractivity contribution in [3.8, 4) is 11.5 Å². The largest absolute Gasteiger partial charge is 0.497 e. The maximum atomic E-state index is 12.7. The minimum absolute atomic E-state index is 0.0117. The third-order valence-electron chi connectivity index (χ3n) is 5.22. The standard InChI is InChI=1S/C21H25N3O5/c1-14-6-4-7-18(24(26)27)21(14)22-20(25)13-23-11-5-8-17(23)16-12-15(28-2)9-10-19(16)29-3/h4,6-7,9-10,12,17H,5,8,11,13H2,1-3H3,(H,22,25)/t17-/m0/s1. The van der Waals surface area contributed by atoms with Crippen molar-refractivity contribution in [2.75, 3.05) is 32.6 Å². The number of nitro benzene ring substituents is 1. The van der Waals surface area contributed by atoms with E-state index in [4.69, 9.17) is 9.47 Å². The van der Waals surface area contributed by atoms with Crippen LogP contribution in [0.4, 0.5) is 11.4 Å². The lowest BCUT2D eigenvalue weighted by Gasteiger charge is -2.26. The van der Waals surface area contributed by atoms with Crippen molar-refractivity contribution >= 4 is 17.3 Å². The van der Waals surface area contributed by atoms with E-state index in [9.17, 15) is 14.9 Å². The number of carbonyl (C=O) groups is 1. The Balaban J connectivity index is 1.79. The minimum Gasteiger partial charge on any atom is -0.497 e. The zero-order valence-corrected chi connectivity index (χ0v) is 16.8. The molecule has 8 heteroatoms. The van der Waals surface area contributed by atoms with Crippen molar-refractivity contribution in [3.05, 3.63) is 57.6 Å². The molecule has 1 aliphatic heterocycles. The van der Waals surface area contributed by atoms with Gasteiger partial charge in [0.15, 0.2) is 0 Å². The molecule has 0 radical (unpaired) electrons. The van der Waals surface area contributed by atoms with E-state index in [1.165, 1.54) is 6.07 Å². The molecule has 0 spiro atoms. The number of methoxy groups -OCH3 is 2. The van der Waals surface area contributed by atoms with Crippen LogP contribution in [-0.4, -0.2) is 43.0 Å². The zero-order valence-electron chi connectivity index (χ0n) is 16.8. The molecule has 0 saturated carbocycles. The molecule has 0 bridgehead atoms. The molecule has 1 saturated heterocycles. The summed E-state index contributed by atoms with van der Waals surface area (Å²) in [6.45, 7) is 2.63. The predicted octanol–water partition coefficient (Wildman–Crippen LogP) is 3.70. The third kappa shape index (κ3) is 4.48. The molecule has 3 rings (SSSR count). The van der Waals surface area contributed by atoms with Gasteiger partial charge in [0, 0.05) is 17.7 Å². The van der Waals surface area contributed by atoms with Crippen LogP contribution in [0.15, 0.2) is 36.4 Å². The molecule has 0 unspecified atom stereocenters. The van der Waals surface area contributed by atoms with Crippen molar-refractivity contribution in [1.29, 1.82) is 0 Å². The first-order valence-electron chi connectivity index (χ1n) is 9.44. The zero-order chi connectivity index (χ0) is 21.0. The number of para-hydroxylation sites is 1. The van der Waals surface area contributed by atoms with E-state index in [0.717, 1.165) is 36.4 Å². The molecule has 0 aliphatic carbocycles.